The lowest BCUT2D eigenvalue weighted by atomic mass is 9.91. The van der Waals surface area contributed by atoms with Gasteiger partial charge in [-0.2, -0.15) is 0 Å². The first kappa shape index (κ1) is 22.0. The molecule has 0 fully saturated rings. The fourth-order valence-corrected chi connectivity index (χ4v) is 10.9. The van der Waals surface area contributed by atoms with E-state index in [4.69, 9.17) is 0 Å². The Hall–Kier alpha value is -4.25. The summed E-state index contributed by atoms with van der Waals surface area (Å²) in [5.41, 5.74) is 5.21. The summed E-state index contributed by atoms with van der Waals surface area (Å²) in [4.78, 5) is 0. The maximum absolute atomic E-state index is 2.39. The standard InChI is InChI=1S/C36H26P/c1-5-15-28(16-6-1)35-32-25-13-19-27-20-14-26-33(34(27)32)37(30-21-9-3-10-22-30,31-23-11-4-12-24-31)36(35)29-17-7-2-8-18-29/h1-26H/q+1. The van der Waals surface area contributed by atoms with Crippen LogP contribution >= 0.6 is 7.26 Å². The fraction of sp³-hybridized carbons (Fsp3) is 0. The smallest absolute Gasteiger partial charge is 0.0622 e. The summed E-state index contributed by atoms with van der Waals surface area (Å²) in [6, 6.07) is 58.2. The summed E-state index contributed by atoms with van der Waals surface area (Å²) in [7, 11) is -2.28. The van der Waals surface area contributed by atoms with Gasteiger partial charge >= 0.3 is 0 Å². The van der Waals surface area contributed by atoms with E-state index in [0.29, 0.717) is 0 Å². The minimum absolute atomic E-state index is 1.26. The zero-order valence-electron chi connectivity index (χ0n) is 20.5. The predicted octanol–water partition coefficient (Wildman–Crippen LogP) is 8.06. The lowest BCUT2D eigenvalue weighted by molar-refractivity contribution is 1.56. The van der Waals surface area contributed by atoms with Gasteiger partial charge in [0, 0.05) is 16.5 Å². The van der Waals surface area contributed by atoms with E-state index in [1.807, 2.05) is 0 Å². The largest absolute Gasteiger partial charge is 0.146 e. The second-order valence-electron chi connectivity index (χ2n) is 9.48. The first-order valence-electron chi connectivity index (χ1n) is 12.8. The number of rotatable bonds is 4. The molecule has 0 aromatic heterocycles. The lowest BCUT2D eigenvalue weighted by Crippen LogP contribution is -2.35. The molecule has 174 valence electrons. The quantitative estimate of drug-likeness (QED) is 0.220. The third-order valence-electron chi connectivity index (χ3n) is 7.48. The van der Waals surface area contributed by atoms with Crippen LogP contribution in [0.3, 0.4) is 0 Å². The molecule has 1 aliphatic rings. The molecule has 1 aliphatic heterocycles. The Morgan fingerprint density at radius 1 is 0.378 bits per heavy atom. The Morgan fingerprint density at radius 2 is 0.865 bits per heavy atom. The van der Waals surface area contributed by atoms with Gasteiger partial charge in [0.05, 0.1) is 0 Å². The Labute approximate surface area is 218 Å². The number of benzene rings is 6. The topological polar surface area (TPSA) is 0 Å². The highest BCUT2D eigenvalue weighted by Crippen LogP contribution is 2.71. The van der Waals surface area contributed by atoms with Gasteiger partial charge in [-0.3, -0.25) is 0 Å². The van der Waals surface area contributed by atoms with Gasteiger partial charge in [0.2, 0.25) is 0 Å². The van der Waals surface area contributed by atoms with Crippen molar-refractivity contribution >= 4 is 44.8 Å². The fourth-order valence-electron chi connectivity index (χ4n) is 6.04. The number of hydrogen-bond acceptors (Lipinski definition) is 0. The average molecular weight is 490 g/mol. The molecule has 0 saturated carbocycles. The van der Waals surface area contributed by atoms with Crippen molar-refractivity contribution in [1.29, 1.82) is 0 Å². The summed E-state index contributed by atoms with van der Waals surface area (Å²) < 4.78 is 0. The van der Waals surface area contributed by atoms with Gasteiger partial charge in [-0.1, -0.05) is 127 Å². The highest BCUT2D eigenvalue weighted by molar-refractivity contribution is 8.04. The Balaban J connectivity index is 1.79. The minimum Gasteiger partial charge on any atom is -0.0622 e. The molecular formula is C36H26P+. The van der Waals surface area contributed by atoms with Crippen molar-refractivity contribution in [2.24, 2.45) is 0 Å². The van der Waals surface area contributed by atoms with Gasteiger partial charge in [-0.05, 0) is 46.8 Å². The maximum atomic E-state index is 2.39. The van der Waals surface area contributed by atoms with Crippen LogP contribution in [0.1, 0.15) is 16.7 Å². The van der Waals surface area contributed by atoms with Gasteiger partial charge in [-0.25, -0.2) is 0 Å². The molecule has 0 saturated heterocycles. The second-order valence-corrected chi connectivity index (χ2v) is 12.8. The van der Waals surface area contributed by atoms with Crippen molar-refractivity contribution in [3.63, 3.8) is 0 Å². The molecule has 0 aliphatic carbocycles. The van der Waals surface area contributed by atoms with E-state index in [2.05, 4.69) is 158 Å². The van der Waals surface area contributed by atoms with Crippen LogP contribution in [-0.4, -0.2) is 0 Å². The van der Waals surface area contributed by atoms with Crippen LogP contribution in [0, 0.1) is 0 Å². The molecule has 1 heteroatoms. The summed E-state index contributed by atoms with van der Waals surface area (Å²) >= 11 is 0. The van der Waals surface area contributed by atoms with E-state index >= 15 is 0 Å². The third-order valence-corrected chi connectivity index (χ3v) is 11.9. The SMILES string of the molecule is c1ccc(C2=C(c3ccccc3)[P+](c3ccccc3)(c3ccccc3)c3cccc4cccc2c34)cc1. The van der Waals surface area contributed by atoms with Crippen LogP contribution in [-0.2, 0) is 0 Å². The van der Waals surface area contributed by atoms with E-state index < -0.39 is 7.26 Å². The molecule has 0 N–H and O–H groups in total. The Kier molecular flexibility index (Phi) is 5.35. The molecule has 7 rings (SSSR count). The van der Waals surface area contributed by atoms with Crippen LogP contribution in [0.4, 0.5) is 0 Å². The minimum atomic E-state index is -2.28. The molecule has 37 heavy (non-hydrogen) atoms. The van der Waals surface area contributed by atoms with Crippen molar-refractivity contribution in [3.05, 3.63) is 174 Å². The molecule has 0 spiro atoms. The van der Waals surface area contributed by atoms with Gasteiger partial charge in [-0.15, -0.1) is 0 Å². The molecule has 0 bridgehead atoms. The third kappa shape index (κ3) is 3.34. The summed E-state index contributed by atoms with van der Waals surface area (Å²) in [6.07, 6.45) is 0. The van der Waals surface area contributed by atoms with E-state index in [-0.39, 0.29) is 0 Å². The highest BCUT2D eigenvalue weighted by Gasteiger charge is 2.55. The Morgan fingerprint density at radius 3 is 1.43 bits per heavy atom. The van der Waals surface area contributed by atoms with E-state index in [9.17, 15) is 0 Å². The van der Waals surface area contributed by atoms with Crippen LogP contribution in [0.2, 0.25) is 0 Å². The zero-order chi connectivity index (χ0) is 24.7. The summed E-state index contributed by atoms with van der Waals surface area (Å²) in [6.45, 7) is 0. The zero-order valence-corrected chi connectivity index (χ0v) is 21.4. The summed E-state index contributed by atoms with van der Waals surface area (Å²) in [5.74, 6) is 0. The molecule has 6 aromatic rings. The molecule has 1 heterocycles. The van der Waals surface area contributed by atoms with Crippen molar-refractivity contribution in [2.75, 3.05) is 0 Å². The average Bonchev–Trinajstić information content (AvgIpc) is 2.99. The molecule has 0 nitrogen and oxygen atoms in total. The first-order chi connectivity index (χ1) is 18.4. The van der Waals surface area contributed by atoms with Crippen LogP contribution in [0.15, 0.2) is 158 Å². The van der Waals surface area contributed by atoms with Crippen LogP contribution < -0.4 is 15.9 Å². The molecular weight excluding hydrogens is 463 g/mol. The first-order valence-corrected chi connectivity index (χ1v) is 14.6. The molecule has 0 atom stereocenters. The Bertz CT molecular complexity index is 1690. The molecule has 0 unspecified atom stereocenters. The van der Waals surface area contributed by atoms with Gasteiger partial charge < -0.3 is 0 Å². The maximum Gasteiger partial charge on any atom is 0.146 e. The number of hydrogen-bond donors (Lipinski definition) is 0. The van der Waals surface area contributed by atoms with Crippen molar-refractivity contribution < 1.29 is 0 Å². The van der Waals surface area contributed by atoms with Crippen LogP contribution in [0.5, 0.6) is 0 Å². The van der Waals surface area contributed by atoms with Crippen molar-refractivity contribution in [2.45, 2.75) is 0 Å². The van der Waals surface area contributed by atoms with E-state index in [1.54, 1.807) is 0 Å². The second kappa shape index (κ2) is 9.00. The van der Waals surface area contributed by atoms with Gasteiger partial charge in [0.1, 0.15) is 28.5 Å². The van der Waals surface area contributed by atoms with Gasteiger partial charge in [0.15, 0.2) is 0 Å². The molecule has 0 radical (unpaired) electrons. The van der Waals surface area contributed by atoms with Gasteiger partial charge in [0.25, 0.3) is 0 Å². The highest BCUT2D eigenvalue weighted by atomic mass is 31.2. The normalized spacial score (nSPS) is 14.1. The molecule has 6 aromatic carbocycles. The summed E-state index contributed by atoms with van der Waals surface area (Å²) in [5, 5.41) is 8.32. The predicted molar refractivity (Wildman–Crippen MR) is 161 cm³/mol. The van der Waals surface area contributed by atoms with Crippen LogP contribution in [0.25, 0.3) is 21.7 Å². The van der Waals surface area contributed by atoms with Crippen molar-refractivity contribution in [3.8, 4) is 0 Å². The monoisotopic (exact) mass is 489 g/mol. The van der Waals surface area contributed by atoms with Crippen molar-refractivity contribution in [1.82, 2.24) is 0 Å². The van der Waals surface area contributed by atoms with E-state index in [1.165, 1.54) is 54.3 Å². The lowest BCUT2D eigenvalue weighted by Gasteiger charge is -2.36. The van der Waals surface area contributed by atoms with E-state index in [0.717, 1.165) is 0 Å². The molecule has 0 amide bonds.